The van der Waals surface area contributed by atoms with Crippen LogP contribution in [0.25, 0.3) is 0 Å². The van der Waals surface area contributed by atoms with Crippen LogP contribution < -0.4 is 11.1 Å². The smallest absolute Gasteiger partial charge is 0.243 e. The molecule has 1 unspecified atom stereocenters. The Morgan fingerprint density at radius 1 is 1.16 bits per heavy atom. The van der Waals surface area contributed by atoms with Crippen molar-refractivity contribution in [2.75, 3.05) is 13.6 Å². The number of piperidine rings is 1. The first-order valence-electron chi connectivity index (χ1n) is 7.40. The van der Waals surface area contributed by atoms with E-state index in [1.165, 1.54) is 0 Å². The average molecular weight is 267 g/mol. The number of amides is 2. The Bertz CT molecular complexity index is 351. The van der Waals surface area contributed by atoms with Gasteiger partial charge >= 0.3 is 0 Å². The second-order valence-electron chi connectivity index (χ2n) is 5.84. The monoisotopic (exact) mass is 267 g/mol. The lowest BCUT2D eigenvalue weighted by Gasteiger charge is -2.41. The third kappa shape index (κ3) is 2.91. The van der Waals surface area contributed by atoms with E-state index in [4.69, 9.17) is 5.73 Å². The molecule has 2 rings (SSSR count). The predicted molar refractivity (Wildman–Crippen MR) is 73.4 cm³/mol. The minimum absolute atomic E-state index is 0.0134. The normalized spacial score (nSPS) is 26.8. The number of carbonyl (C=O) groups excluding carboxylic acids is 2. The molecule has 2 fully saturated rings. The van der Waals surface area contributed by atoms with Gasteiger partial charge in [-0.25, -0.2) is 0 Å². The van der Waals surface area contributed by atoms with Crippen LogP contribution in [0.2, 0.25) is 0 Å². The minimum Gasteiger partial charge on any atom is -0.357 e. The third-order valence-corrected chi connectivity index (χ3v) is 4.48. The van der Waals surface area contributed by atoms with Gasteiger partial charge in [0.2, 0.25) is 11.8 Å². The molecule has 0 radical (unpaired) electrons. The Kier molecular flexibility index (Phi) is 4.45. The second kappa shape index (κ2) is 5.90. The van der Waals surface area contributed by atoms with Crippen LogP contribution in [0.15, 0.2) is 0 Å². The number of nitrogens with zero attached hydrogens (tertiary/aromatic N) is 1. The fourth-order valence-electron chi connectivity index (χ4n) is 3.30. The number of hydrogen-bond donors (Lipinski definition) is 2. The van der Waals surface area contributed by atoms with Gasteiger partial charge in [-0.05, 0) is 32.1 Å². The molecule has 108 valence electrons. The molecular formula is C14H25N3O2. The molecule has 0 bridgehead atoms. The van der Waals surface area contributed by atoms with Gasteiger partial charge in [0.05, 0.1) is 5.54 Å². The van der Waals surface area contributed by atoms with Gasteiger partial charge in [0, 0.05) is 13.6 Å². The lowest BCUT2D eigenvalue weighted by atomic mass is 9.80. The summed E-state index contributed by atoms with van der Waals surface area (Å²) in [7, 11) is 1.62. The summed E-state index contributed by atoms with van der Waals surface area (Å²) in [5.41, 5.74) is 5.58. The maximum absolute atomic E-state index is 12.7. The number of likely N-dealkylation sites (N-methyl/N-ethyl adjacent to an activating group) is 1. The molecule has 5 nitrogen and oxygen atoms in total. The summed E-state index contributed by atoms with van der Waals surface area (Å²) in [4.78, 5) is 26.4. The minimum atomic E-state index is -0.734. The van der Waals surface area contributed by atoms with E-state index in [2.05, 4.69) is 5.32 Å². The molecule has 1 heterocycles. The van der Waals surface area contributed by atoms with Gasteiger partial charge in [0.25, 0.3) is 0 Å². The van der Waals surface area contributed by atoms with Crippen LogP contribution >= 0.6 is 0 Å². The van der Waals surface area contributed by atoms with Crippen molar-refractivity contribution >= 4 is 11.8 Å². The molecule has 2 aliphatic rings. The number of carbonyl (C=O) groups is 2. The van der Waals surface area contributed by atoms with Crippen LogP contribution in [0.1, 0.15) is 51.4 Å². The zero-order valence-electron chi connectivity index (χ0n) is 11.8. The number of nitrogens with two attached hydrogens (primary N) is 1. The Morgan fingerprint density at radius 2 is 1.84 bits per heavy atom. The van der Waals surface area contributed by atoms with Gasteiger partial charge in [-0.3, -0.25) is 9.59 Å². The van der Waals surface area contributed by atoms with Crippen LogP contribution in [-0.2, 0) is 9.59 Å². The summed E-state index contributed by atoms with van der Waals surface area (Å²) in [6.45, 7) is 0.663. The van der Waals surface area contributed by atoms with Gasteiger partial charge in [-0.1, -0.05) is 19.3 Å². The van der Waals surface area contributed by atoms with E-state index in [1.54, 1.807) is 11.9 Å². The first-order chi connectivity index (χ1) is 9.08. The van der Waals surface area contributed by atoms with E-state index in [0.29, 0.717) is 6.54 Å². The molecule has 0 aromatic heterocycles. The molecule has 1 aliphatic carbocycles. The second-order valence-corrected chi connectivity index (χ2v) is 5.84. The highest BCUT2D eigenvalue weighted by Crippen LogP contribution is 2.30. The van der Waals surface area contributed by atoms with Crippen molar-refractivity contribution in [1.82, 2.24) is 10.2 Å². The zero-order valence-corrected chi connectivity index (χ0v) is 11.8. The third-order valence-electron chi connectivity index (χ3n) is 4.48. The van der Waals surface area contributed by atoms with Crippen LogP contribution in [0.5, 0.6) is 0 Å². The van der Waals surface area contributed by atoms with E-state index in [-0.39, 0.29) is 17.9 Å². The maximum Gasteiger partial charge on any atom is 0.243 e. The van der Waals surface area contributed by atoms with Crippen molar-refractivity contribution in [3.63, 3.8) is 0 Å². The van der Waals surface area contributed by atoms with Crippen molar-refractivity contribution in [2.24, 2.45) is 5.73 Å². The summed E-state index contributed by atoms with van der Waals surface area (Å²) in [5.74, 6) is -0.0760. The van der Waals surface area contributed by atoms with E-state index in [1.807, 2.05) is 0 Å². The van der Waals surface area contributed by atoms with E-state index in [0.717, 1.165) is 51.4 Å². The van der Waals surface area contributed by atoms with Crippen molar-refractivity contribution < 1.29 is 9.59 Å². The Labute approximate surface area is 114 Å². The maximum atomic E-state index is 12.7. The van der Waals surface area contributed by atoms with Crippen molar-refractivity contribution in [1.29, 1.82) is 0 Å². The van der Waals surface area contributed by atoms with E-state index >= 15 is 0 Å². The topological polar surface area (TPSA) is 75.4 Å². The standard InChI is InChI=1S/C14H25N3O2/c1-16-12(18)11-7-3-6-10-17(11)13(19)14(15)8-4-2-5-9-14/h11H,2-10,15H2,1H3,(H,16,18). The molecule has 1 saturated carbocycles. The van der Waals surface area contributed by atoms with Crippen LogP contribution in [0.4, 0.5) is 0 Å². The lowest BCUT2D eigenvalue weighted by molar-refractivity contribution is -0.147. The molecular weight excluding hydrogens is 242 g/mol. The highest BCUT2D eigenvalue weighted by Gasteiger charge is 2.42. The quantitative estimate of drug-likeness (QED) is 0.776. The van der Waals surface area contributed by atoms with Crippen molar-refractivity contribution in [3.05, 3.63) is 0 Å². The summed E-state index contributed by atoms with van der Waals surface area (Å²) in [6, 6.07) is -0.325. The average Bonchev–Trinajstić information content (AvgIpc) is 2.46. The molecule has 0 spiro atoms. The molecule has 0 aromatic rings. The van der Waals surface area contributed by atoms with Crippen LogP contribution in [-0.4, -0.2) is 41.9 Å². The number of likely N-dealkylation sites (tertiary alicyclic amines) is 1. The van der Waals surface area contributed by atoms with Gasteiger partial charge in [0.1, 0.15) is 6.04 Å². The fourth-order valence-corrected chi connectivity index (χ4v) is 3.30. The highest BCUT2D eigenvalue weighted by atomic mass is 16.2. The fraction of sp³-hybridized carbons (Fsp3) is 0.857. The van der Waals surface area contributed by atoms with Gasteiger partial charge in [-0.2, -0.15) is 0 Å². The molecule has 0 aromatic carbocycles. The molecule has 1 saturated heterocycles. The largest absolute Gasteiger partial charge is 0.357 e. The van der Waals surface area contributed by atoms with E-state index < -0.39 is 5.54 Å². The van der Waals surface area contributed by atoms with Gasteiger partial charge < -0.3 is 16.0 Å². The van der Waals surface area contributed by atoms with Gasteiger partial charge in [-0.15, -0.1) is 0 Å². The molecule has 19 heavy (non-hydrogen) atoms. The van der Waals surface area contributed by atoms with Gasteiger partial charge in [0.15, 0.2) is 0 Å². The first kappa shape index (κ1) is 14.3. The Morgan fingerprint density at radius 3 is 2.47 bits per heavy atom. The van der Waals surface area contributed by atoms with Crippen LogP contribution in [0.3, 0.4) is 0 Å². The van der Waals surface area contributed by atoms with E-state index in [9.17, 15) is 9.59 Å². The summed E-state index contributed by atoms with van der Waals surface area (Å²) in [6.07, 6.45) is 7.41. The number of rotatable bonds is 2. The van der Waals surface area contributed by atoms with Crippen molar-refractivity contribution in [2.45, 2.75) is 62.9 Å². The lowest BCUT2D eigenvalue weighted by Crippen LogP contribution is -2.61. The molecule has 2 amide bonds. The summed E-state index contributed by atoms with van der Waals surface area (Å²) >= 11 is 0. The number of nitrogens with one attached hydrogen (secondary N) is 1. The molecule has 1 atom stereocenters. The first-order valence-corrected chi connectivity index (χ1v) is 7.40. The predicted octanol–water partition coefficient (Wildman–Crippen LogP) is 0.775. The molecule has 3 N–H and O–H groups in total. The Hall–Kier alpha value is -1.10. The SMILES string of the molecule is CNC(=O)C1CCCCN1C(=O)C1(N)CCCCC1. The van der Waals surface area contributed by atoms with Crippen molar-refractivity contribution in [3.8, 4) is 0 Å². The summed E-state index contributed by atoms with van der Waals surface area (Å²) in [5, 5.41) is 2.66. The van der Waals surface area contributed by atoms with Crippen LogP contribution in [0, 0.1) is 0 Å². The highest BCUT2D eigenvalue weighted by molar-refractivity contribution is 5.92. The number of hydrogen-bond acceptors (Lipinski definition) is 3. The summed E-state index contributed by atoms with van der Waals surface area (Å²) < 4.78 is 0. The zero-order chi connectivity index (χ0) is 13.9. The molecule has 5 heteroatoms. The molecule has 1 aliphatic heterocycles. The Balaban J connectivity index is 2.12.